The van der Waals surface area contributed by atoms with E-state index in [1.807, 2.05) is 19.4 Å². The summed E-state index contributed by atoms with van der Waals surface area (Å²) in [5.41, 5.74) is 4.42. The van der Waals surface area contributed by atoms with Crippen molar-refractivity contribution in [1.82, 2.24) is 4.98 Å². The maximum absolute atomic E-state index is 4.70. The summed E-state index contributed by atoms with van der Waals surface area (Å²) in [6, 6.07) is 27.9. The molecule has 1 aromatic heterocycles. The van der Waals surface area contributed by atoms with Crippen LogP contribution >= 0.6 is 0 Å². The van der Waals surface area contributed by atoms with Crippen molar-refractivity contribution in [3.8, 4) is 11.3 Å². The molecule has 0 saturated heterocycles. The third kappa shape index (κ3) is 2.76. The summed E-state index contributed by atoms with van der Waals surface area (Å²) in [5.74, 6) is 0. The van der Waals surface area contributed by atoms with Crippen molar-refractivity contribution in [1.29, 1.82) is 0 Å². The fraction of sp³-hybridized carbons (Fsp3) is 0.0833. The van der Waals surface area contributed by atoms with Gasteiger partial charge in [-0.05, 0) is 0 Å². The molecule has 0 saturated carbocycles. The molecule has 0 radical (unpaired) electrons. The molecule has 5 aromatic rings. The number of aromatic nitrogens is 2. The molecular weight excluding hydrogens is 500 g/mol. The summed E-state index contributed by atoms with van der Waals surface area (Å²) in [4.78, 5) is 4.70. The maximum atomic E-state index is 4.70. The third-order valence-electron chi connectivity index (χ3n) is 5.12. The van der Waals surface area contributed by atoms with Crippen LogP contribution in [0, 0.1) is 19.1 Å². The maximum Gasteiger partial charge on any atom is 2.00 e. The van der Waals surface area contributed by atoms with Gasteiger partial charge in [-0.25, -0.2) is 0 Å². The third-order valence-corrected chi connectivity index (χ3v) is 5.12. The summed E-state index contributed by atoms with van der Waals surface area (Å²) in [5, 5.41) is 5.81. The second-order valence-corrected chi connectivity index (χ2v) is 6.68. The van der Waals surface area contributed by atoms with E-state index in [4.69, 9.17) is 4.98 Å². The summed E-state index contributed by atoms with van der Waals surface area (Å²) < 4.78 is 2.07. The van der Waals surface area contributed by atoms with Crippen LogP contribution in [0.25, 0.3) is 43.7 Å². The van der Waals surface area contributed by atoms with Gasteiger partial charge in [0.1, 0.15) is 5.52 Å². The summed E-state index contributed by atoms with van der Waals surface area (Å²) in [7, 11) is 2.03. The van der Waals surface area contributed by atoms with Crippen molar-refractivity contribution in [2.24, 2.45) is 7.05 Å². The molecule has 0 spiro atoms. The Kier molecular flexibility index (Phi) is 4.53. The first-order valence-corrected chi connectivity index (χ1v) is 8.72. The van der Waals surface area contributed by atoms with Crippen molar-refractivity contribution >= 4 is 32.4 Å². The molecule has 0 amide bonds. The number of hydrogen-bond donors (Lipinski definition) is 0. The van der Waals surface area contributed by atoms with E-state index in [1.54, 1.807) is 0 Å². The molecule has 0 aliphatic rings. The first-order chi connectivity index (χ1) is 12.7. The van der Waals surface area contributed by atoms with Crippen LogP contribution in [0.15, 0.2) is 67.0 Å². The van der Waals surface area contributed by atoms with E-state index in [9.17, 15) is 0 Å². The van der Waals surface area contributed by atoms with Crippen LogP contribution in [0.4, 0.5) is 0 Å². The zero-order valence-electron chi connectivity index (χ0n) is 15.2. The van der Waals surface area contributed by atoms with Crippen molar-refractivity contribution < 1.29 is 25.6 Å². The molecule has 4 aromatic carbocycles. The van der Waals surface area contributed by atoms with E-state index in [1.165, 1.54) is 16.3 Å². The van der Waals surface area contributed by atoms with Crippen LogP contribution in [-0.2, 0) is 28.1 Å². The van der Waals surface area contributed by atoms with Gasteiger partial charge in [-0.1, -0.05) is 87.4 Å². The average molecular weight is 517 g/mol. The largest absolute Gasteiger partial charge is 2.00 e. The fourth-order valence-corrected chi connectivity index (χ4v) is 3.79. The van der Waals surface area contributed by atoms with E-state index < -0.39 is 0 Å². The second kappa shape index (κ2) is 6.87. The minimum absolute atomic E-state index is 0. The van der Waals surface area contributed by atoms with E-state index in [0.29, 0.717) is 0 Å². The van der Waals surface area contributed by atoms with E-state index in [2.05, 4.69) is 78.2 Å². The Balaban J connectivity index is 0.00000180. The molecule has 0 unspecified atom stereocenters. The van der Waals surface area contributed by atoms with Crippen LogP contribution < -0.4 is 4.57 Å². The normalized spacial score (nSPS) is 11.0. The van der Waals surface area contributed by atoms with E-state index in [0.717, 1.165) is 32.9 Å². The Labute approximate surface area is 172 Å². The number of aryl methyl sites for hydroxylation is 2. The van der Waals surface area contributed by atoms with Crippen LogP contribution in [0.5, 0.6) is 0 Å². The van der Waals surface area contributed by atoms with Crippen LogP contribution in [0.2, 0.25) is 0 Å². The van der Waals surface area contributed by atoms with Gasteiger partial charge < -0.3 is 0 Å². The minimum atomic E-state index is 0. The van der Waals surface area contributed by atoms with Gasteiger partial charge in [0.15, 0.2) is 0 Å². The summed E-state index contributed by atoms with van der Waals surface area (Å²) in [6.07, 6.45) is 1.89. The number of hydrogen-bond acceptors (Lipinski definition) is 1. The van der Waals surface area contributed by atoms with Gasteiger partial charge >= 0.3 is 21.1 Å². The topological polar surface area (TPSA) is 16.8 Å². The smallest absolute Gasteiger partial charge is 0.275 e. The zero-order valence-corrected chi connectivity index (χ0v) is 18.1. The van der Waals surface area contributed by atoms with Gasteiger partial charge in [0, 0.05) is 5.69 Å². The van der Waals surface area contributed by atoms with Gasteiger partial charge in [0.2, 0.25) is 0 Å². The predicted molar refractivity (Wildman–Crippen MR) is 106 cm³/mol. The molecule has 3 heteroatoms. The van der Waals surface area contributed by atoms with E-state index >= 15 is 0 Å². The molecule has 128 valence electrons. The molecule has 2 nitrogen and oxygen atoms in total. The SMILES string of the molecule is Cc1c(-c2c3[c-]cc4ccccc4c3nc[n+]2C)[c-]cc2ccccc12.[W+2]. The van der Waals surface area contributed by atoms with Crippen LogP contribution in [-0.4, -0.2) is 4.98 Å². The summed E-state index contributed by atoms with van der Waals surface area (Å²) in [6.45, 7) is 2.17. The Morgan fingerprint density at radius 3 is 2.26 bits per heavy atom. The van der Waals surface area contributed by atoms with E-state index in [-0.39, 0.29) is 21.1 Å². The quantitative estimate of drug-likeness (QED) is 0.175. The first kappa shape index (κ1) is 17.8. The molecular formula is C24H17N2W+. The Hall–Kier alpha value is -2.57. The standard InChI is InChI=1S/C24H17N2.W/c1-16-19-9-5-3-7-17(19)11-13-20(16)24-22-14-12-18-8-4-6-10-21(18)23(22)25-15-26(24)2;/h3-12,15H,1-2H3;/q-1;+2. The number of nitrogens with zero attached hydrogens (tertiary/aromatic N) is 2. The Bertz CT molecular complexity index is 1310. The monoisotopic (exact) mass is 517 g/mol. The van der Waals surface area contributed by atoms with Gasteiger partial charge in [0.05, 0.1) is 7.05 Å². The molecule has 0 atom stereocenters. The van der Waals surface area contributed by atoms with Gasteiger partial charge in [0.25, 0.3) is 6.33 Å². The van der Waals surface area contributed by atoms with Crippen molar-refractivity contribution in [2.45, 2.75) is 6.92 Å². The van der Waals surface area contributed by atoms with Crippen LogP contribution in [0.1, 0.15) is 5.56 Å². The Morgan fingerprint density at radius 1 is 0.852 bits per heavy atom. The molecule has 5 rings (SSSR count). The van der Waals surface area contributed by atoms with Crippen molar-refractivity contribution in [2.75, 3.05) is 0 Å². The zero-order chi connectivity index (χ0) is 17.7. The molecule has 27 heavy (non-hydrogen) atoms. The molecule has 0 bridgehead atoms. The number of fused-ring (bicyclic) bond motifs is 4. The van der Waals surface area contributed by atoms with Crippen molar-refractivity contribution in [3.05, 3.63) is 84.7 Å². The van der Waals surface area contributed by atoms with Gasteiger partial charge in [-0.2, -0.15) is 0 Å². The van der Waals surface area contributed by atoms with Gasteiger partial charge in [-0.15, -0.1) is 35.4 Å². The van der Waals surface area contributed by atoms with Gasteiger partial charge in [-0.3, -0.25) is 4.57 Å². The number of benzene rings is 4. The second-order valence-electron chi connectivity index (χ2n) is 6.68. The summed E-state index contributed by atoms with van der Waals surface area (Å²) >= 11 is 0. The van der Waals surface area contributed by atoms with Crippen LogP contribution in [0.3, 0.4) is 0 Å². The fourth-order valence-electron chi connectivity index (χ4n) is 3.79. The average Bonchev–Trinajstić information content (AvgIpc) is 2.69. The molecule has 0 fully saturated rings. The molecule has 0 aliphatic carbocycles. The molecule has 0 N–H and O–H groups in total. The minimum Gasteiger partial charge on any atom is -0.275 e. The number of rotatable bonds is 1. The molecule has 0 aliphatic heterocycles. The predicted octanol–water partition coefficient (Wildman–Crippen LogP) is 4.94. The Morgan fingerprint density at radius 2 is 1.48 bits per heavy atom. The van der Waals surface area contributed by atoms with Crippen molar-refractivity contribution in [3.63, 3.8) is 0 Å². The molecule has 1 heterocycles. The first-order valence-electron chi connectivity index (χ1n) is 8.72.